The van der Waals surface area contributed by atoms with Crippen LogP contribution in [0.15, 0.2) is 0 Å². The molecule has 3 fully saturated rings. The lowest BCUT2D eigenvalue weighted by Crippen LogP contribution is -2.60. The molecule has 0 bridgehead atoms. The van der Waals surface area contributed by atoms with Crippen LogP contribution in [0.4, 0.5) is 0 Å². The number of hydrogen-bond donors (Lipinski definition) is 2. The van der Waals surface area contributed by atoms with Gasteiger partial charge in [0.1, 0.15) is 0 Å². The smallest absolute Gasteiger partial charge is 0.220 e. The molecule has 1 saturated carbocycles. The van der Waals surface area contributed by atoms with E-state index < -0.39 is 0 Å². The zero-order valence-corrected chi connectivity index (χ0v) is 10.5. The molecule has 0 radical (unpaired) electrons. The van der Waals surface area contributed by atoms with E-state index >= 15 is 0 Å². The maximum atomic E-state index is 11.6. The Kier molecular flexibility index (Phi) is 3.09. The van der Waals surface area contributed by atoms with Crippen molar-refractivity contribution in [1.29, 1.82) is 0 Å². The Balaban J connectivity index is 1.66. The summed E-state index contributed by atoms with van der Waals surface area (Å²) in [6, 6.07) is 0. The van der Waals surface area contributed by atoms with E-state index in [-0.39, 0.29) is 11.4 Å². The fraction of sp³-hybridized carbons (Fsp3) is 0.923. The molecule has 3 aliphatic rings. The first kappa shape index (κ1) is 11.5. The van der Waals surface area contributed by atoms with Crippen molar-refractivity contribution in [2.24, 2.45) is 5.92 Å². The summed E-state index contributed by atoms with van der Waals surface area (Å²) < 4.78 is 0. The first-order valence-corrected chi connectivity index (χ1v) is 7.00. The zero-order chi connectivity index (χ0) is 11.7. The zero-order valence-electron chi connectivity index (χ0n) is 10.5. The summed E-state index contributed by atoms with van der Waals surface area (Å²) in [4.78, 5) is 14.2. The third kappa shape index (κ3) is 2.80. The SMILES string of the molecule is O=C1CCCC2(CNCCN(CC3CC3)C2)N1. The average molecular weight is 237 g/mol. The van der Waals surface area contributed by atoms with Gasteiger partial charge in [0.2, 0.25) is 5.91 Å². The Bertz CT molecular complexity index is 303. The highest BCUT2D eigenvalue weighted by Crippen LogP contribution is 2.31. The summed E-state index contributed by atoms with van der Waals surface area (Å²) in [5.41, 5.74) is 0.0146. The fourth-order valence-corrected chi connectivity index (χ4v) is 3.21. The topological polar surface area (TPSA) is 44.4 Å². The summed E-state index contributed by atoms with van der Waals surface area (Å²) in [7, 11) is 0. The second-order valence-corrected chi connectivity index (χ2v) is 6.04. The van der Waals surface area contributed by atoms with Gasteiger partial charge in [-0.2, -0.15) is 0 Å². The highest BCUT2D eigenvalue weighted by Gasteiger charge is 2.38. The molecule has 1 amide bonds. The molecule has 1 unspecified atom stereocenters. The predicted molar refractivity (Wildman–Crippen MR) is 66.8 cm³/mol. The Hall–Kier alpha value is -0.610. The first-order valence-electron chi connectivity index (χ1n) is 7.00. The molecule has 96 valence electrons. The Labute approximate surface area is 103 Å². The van der Waals surface area contributed by atoms with Gasteiger partial charge in [0, 0.05) is 39.1 Å². The molecule has 4 nitrogen and oxygen atoms in total. The van der Waals surface area contributed by atoms with Crippen molar-refractivity contribution < 1.29 is 4.79 Å². The second-order valence-electron chi connectivity index (χ2n) is 6.04. The van der Waals surface area contributed by atoms with Crippen molar-refractivity contribution >= 4 is 5.91 Å². The largest absolute Gasteiger partial charge is 0.348 e. The van der Waals surface area contributed by atoms with Crippen LogP contribution >= 0.6 is 0 Å². The molecule has 2 aliphatic heterocycles. The highest BCUT2D eigenvalue weighted by atomic mass is 16.1. The number of amides is 1. The first-order chi connectivity index (χ1) is 8.26. The lowest BCUT2D eigenvalue weighted by molar-refractivity contribution is -0.125. The van der Waals surface area contributed by atoms with Gasteiger partial charge in [-0.15, -0.1) is 0 Å². The molecular weight excluding hydrogens is 214 g/mol. The summed E-state index contributed by atoms with van der Waals surface area (Å²) in [6.45, 7) is 5.42. The Morgan fingerprint density at radius 2 is 2.29 bits per heavy atom. The second kappa shape index (κ2) is 4.58. The summed E-state index contributed by atoms with van der Waals surface area (Å²) in [6.07, 6.45) is 5.70. The maximum absolute atomic E-state index is 11.6. The lowest BCUT2D eigenvalue weighted by atomic mass is 9.88. The van der Waals surface area contributed by atoms with Crippen LogP contribution in [-0.4, -0.2) is 49.1 Å². The number of carbonyl (C=O) groups excluding carboxylic acids is 1. The van der Waals surface area contributed by atoms with Crippen molar-refractivity contribution in [3.63, 3.8) is 0 Å². The minimum Gasteiger partial charge on any atom is -0.348 e. The van der Waals surface area contributed by atoms with E-state index in [1.54, 1.807) is 0 Å². The van der Waals surface area contributed by atoms with Crippen molar-refractivity contribution in [1.82, 2.24) is 15.5 Å². The van der Waals surface area contributed by atoms with Gasteiger partial charge in [-0.3, -0.25) is 9.69 Å². The molecule has 4 heteroatoms. The normalized spacial score (nSPS) is 35.6. The molecule has 17 heavy (non-hydrogen) atoms. The van der Waals surface area contributed by atoms with Gasteiger partial charge >= 0.3 is 0 Å². The molecule has 0 aromatic rings. The number of rotatable bonds is 2. The monoisotopic (exact) mass is 237 g/mol. The molecule has 0 aromatic carbocycles. The molecule has 3 rings (SSSR count). The molecule has 2 saturated heterocycles. The number of nitrogens with one attached hydrogen (secondary N) is 2. The summed E-state index contributed by atoms with van der Waals surface area (Å²) in [5.74, 6) is 1.18. The van der Waals surface area contributed by atoms with Crippen LogP contribution in [0.1, 0.15) is 32.1 Å². The summed E-state index contributed by atoms with van der Waals surface area (Å²) >= 11 is 0. The maximum Gasteiger partial charge on any atom is 0.220 e. The number of nitrogens with zero attached hydrogens (tertiary/aromatic N) is 1. The van der Waals surface area contributed by atoms with Crippen molar-refractivity contribution in [2.45, 2.75) is 37.6 Å². The number of hydrogen-bond acceptors (Lipinski definition) is 3. The lowest BCUT2D eigenvalue weighted by Gasteiger charge is -2.39. The van der Waals surface area contributed by atoms with Crippen LogP contribution in [0, 0.1) is 5.92 Å². The Morgan fingerprint density at radius 1 is 1.41 bits per heavy atom. The van der Waals surface area contributed by atoms with Crippen LogP contribution in [0.25, 0.3) is 0 Å². The fourth-order valence-electron chi connectivity index (χ4n) is 3.21. The van der Waals surface area contributed by atoms with Crippen LogP contribution in [0.2, 0.25) is 0 Å². The van der Waals surface area contributed by atoms with Crippen molar-refractivity contribution in [3.05, 3.63) is 0 Å². The minimum atomic E-state index is 0.0146. The van der Waals surface area contributed by atoms with Gasteiger partial charge in [0.15, 0.2) is 0 Å². The van der Waals surface area contributed by atoms with Gasteiger partial charge in [-0.1, -0.05) is 0 Å². The van der Waals surface area contributed by atoms with Crippen LogP contribution < -0.4 is 10.6 Å². The van der Waals surface area contributed by atoms with E-state index in [0.29, 0.717) is 6.42 Å². The molecule has 2 N–H and O–H groups in total. The van der Waals surface area contributed by atoms with Gasteiger partial charge in [0.25, 0.3) is 0 Å². The van der Waals surface area contributed by atoms with E-state index in [9.17, 15) is 4.79 Å². The van der Waals surface area contributed by atoms with E-state index in [2.05, 4.69) is 15.5 Å². The van der Waals surface area contributed by atoms with Crippen LogP contribution in [0.3, 0.4) is 0 Å². The van der Waals surface area contributed by atoms with Gasteiger partial charge in [0.05, 0.1) is 5.54 Å². The van der Waals surface area contributed by atoms with Gasteiger partial charge in [-0.05, 0) is 31.6 Å². The van der Waals surface area contributed by atoms with Crippen LogP contribution in [-0.2, 0) is 4.79 Å². The van der Waals surface area contributed by atoms with E-state index in [4.69, 9.17) is 0 Å². The van der Waals surface area contributed by atoms with Crippen LogP contribution in [0.5, 0.6) is 0 Å². The van der Waals surface area contributed by atoms with Gasteiger partial charge < -0.3 is 10.6 Å². The van der Waals surface area contributed by atoms with Crippen molar-refractivity contribution in [3.8, 4) is 0 Å². The molecule has 0 aromatic heterocycles. The Morgan fingerprint density at radius 3 is 3.06 bits per heavy atom. The average Bonchev–Trinajstić information content (AvgIpc) is 3.08. The van der Waals surface area contributed by atoms with Crippen molar-refractivity contribution in [2.75, 3.05) is 32.7 Å². The molecule has 1 spiro atoms. The quantitative estimate of drug-likeness (QED) is 0.728. The van der Waals surface area contributed by atoms with E-state index in [1.165, 1.54) is 19.4 Å². The molecule has 1 atom stereocenters. The highest BCUT2D eigenvalue weighted by molar-refractivity contribution is 5.77. The number of carbonyl (C=O) groups is 1. The molecule has 2 heterocycles. The summed E-state index contributed by atoms with van der Waals surface area (Å²) in [5, 5.41) is 6.75. The van der Waals surface area contributed by atoms with E-state index in [0.717, 1.165) is 44.9 Å². The number of piperidine rings is 1. The molecule has 1 aliphatic carbocycles. The van der Waals surface area contributed by atoms with E-state index in [1.807, 2.05) is 0 Å². The van der Waals surface area contributed by atoms with Gasteiger partial charge in [-0.25, -0.2) is 0 Å². The molecular formula is C13H23N3O. The predicted octanol–water partition coefficient (Wildman–Crippen LogP) is 0.341. The third-order valence-electron chi connectivity index (χ3n) is 4.27. The minimum absolute atomic E-state index is 0.0146. The standard InChI is InChI=1S/C13H23N3O/c17-12-2-1-5-13(15-12)9-14-6-7-16(10-13)8-11-3-4-11/h11,14H,1-10H2,(H,15,17). The third-order valence-corrected chi connectivity index (χ3v) is 4.27.